The standard InChI is InChI=1S/C17H11BrN2/c18-14-6-4-13(5-7-14)17-16-3-1-2-12(8-10-19)15(16)9-11-20-17/h1-7,9,11H,8H2. The molecular weight excluding hydrogens is 312 g/mol. The van der Waals surface area contributed by atoms with Crippen LogP contribution >= 0.6 is 15.9 Å². The molecule has 1 heterocycles. The fraction of sp³-hybridized carbons (Fsp3) is 0.0588. The van der Waals surface area contributed by atoms with E-state index in [2.05, 4.69) is 33.0 Å². The average molecular weight is 323 g/mol. The van der Waals surface area contributed by atoms with Gasteiger partial charge in [-0.05, 0) is 29.1 Å². The Morgan fingerprint density at radius 3 is 2.55 bits per heavy atom. The zero-order valence-electron chi connectivity index (χ0n) is 10.7. The number of halogens is 1. The molecule has 0 aliphatic heterocycles. The summed E-state index contributed by atoms with van der Waals surface area (Å²) in [6.07, 6.45) is 2.22. The lowest BCUT2D eigenvalue weighted by Crippen LogP contribution is -1.90. The molecule has 0 bridgehead atoms. The number of nitriles is 1. The highest BCUT2D eigenvalue weighted by atomic mass is 79.9. The van der Waals surface area contributed by atoms with E-state index in [1.165, 1.54) is 0 Å². The van der Waals surface area contributed by atoms with Crippen molar-refractivity contribution in [2.24, 2.45) is 0 Å². The molecule has 0 amide bonds. The van der Waals surface area contributed by atoms with Crippen molar-refractivity contribution < 1.29 is 0 Å². The van der Waals surface area contributed by atoms with E-state index >= 15 is 0 Å². The first kappa shape index (κ1) is 12.8. The highest BCUT2D eigenvalue weighted by Gasteiger charge is 2.07. The molecule has 3 rings (SSSR count). The molecule has 0 N–H and O–H groups in total. The molecule has 96 valence electrons. The maximum atomic E-state index is 8.93. The molecule has 0 saturated carbocycles. The number of aromatic nitrogens is 1. The number of fused-ring (bicyclic) bond motifs is 1. The van der Waals surface area contributed by atoms with Gasteiger partial charge in [0.2, 0.25) is 0 Å². The summed E-state index contributed by atoms with van der Waals surface area (Å²) in [6, 6.07) is 18.3. The number of hydrogen-bond acceptors (Lipinski definition) is 2. The predicted octanol–water partition coefficient (Wildman–Crippen LogP) is 4.73. The molecule has 2 nitrogen and oxygen atoms in total. The minimum absolute atomic E-state index is 0.418. The Hall–Kier alpha value is -2.18. The summed E-state index contributed by atoms with van der Waals surface area (Å²) in [5, 5.41) is 11.1. The summed E-state index contributed by atoms with van der Waals surface area (Å²) in [4.78, 5) is 4.51. The van der Waals surface area contributed by atoms with Gasteiger partial charge in [-0.3, -0.25) is 4.98 Å². The molecule has 3 heteroatoms. The van der Waals surface area contributed by atoms with Crippen molar-refractivity contribution in [2.45, 2.75) is 6.42 Å². The smallest absolute Gasteiger partial charge is 0.0780 e. The molecule has 0 unspecified atom stereocenters. The molecule has 0 aliphatic rings. The van der Waals surface area contributed by atoms with Gasteiger partial charge in [-0.25, -0.2) is 0 Å². The van der Waals surface area contributed by atoms with Crippen LogP contribution in [0.4, 0.5) is 0 Å². The lowest BCUT2D eigenvalue weighted by Gasteiger charge is -2.08. The van der Waals surface area contributed by atoms with Gasteiger partial charge in [0, 0.05) is 21.6 Å². The second kappa shape index (κ2) is 5.44. The van der Waals surface area contributed by atoms with Crippen molar-refractivity contribution >= 4 is 26.7 Å². The zero-order valence-corrected chi connectivity index (χ0v) is 12.3. The molecule has 1 aromatic heterocycles. The van der Waals surface area contributed by atoms with E-state index in [1.54, 1.807) is 6.20 Å². The molecular formula is C17H11BrN2. The summed E-state index contributed by atoms with van der Waals surface area (Å²) in [5.41, 5.74) is 3.08. The van der Waals surface area contributed by atoms with E-state index in [0.29, 0.717) is 6.42 Å². The molecule has 0 spiro atoms. The molecule has 0 saturated heterocycles. The molecule has 2 aromatic carbocycles. The van der Waals surface area contributed by atoms with Gasteiger partial charge in [-0.1, -0.05) is 46.3 Å². The highest BCUT2D eigenvalue weighted by molar-refractivity contribution is 9.10. The van der Waals surface area contributed by atoms with Crippen molar-refractivity contribution in [1.82, 2.24) is 4.98 Å². The maximum absolute atomic E-state index is 8.93. The van der Waals surface area contributed by atoms with Crippen LogP contribution in [0.3, 0.4) is 0 Å². The van der Waals surface area contributed by atoms with Crippen LogP contribution in [-0.4, -0.2) is 4.98 Å². The van der Waals surface area contributed by atoms with Crippen LogP contribution < -0.4 is 0 Å². The van der Waals surface area contributed by atoms with Crippen LogP contribution in [0, 0.1) is 11.3 Å². The van der Waals surface area contributed by atoms with E-state index < -0.39 is 0 Å². The summed E-state index contributed by atoms with van der Waals surface area (Å²) in [7, 11) is 0. The average Bonchev–Trinajstić information content (AvgIpc) is 2.48. The van der Waals surface area contributed by atoms with Crippen LogP contribution in [0.25, 0.3) is 22.0 Å². The van der Waals surface area contributed by atoms with Crippen molar-refractivity contribution in [3.8, 4) is 17.3 Å². The third-order valence-corrected chi connectivity index (χ3v) is 3.81. The molecule has 0 atom stereocenters. The number of pyridine rings is 1. The van der Waals surface area contributed by atoms with E-state index in [4.69, 9.17) is 5.26 Å². The molecule has 20 heavy (non-hydrogen) atoms. The van der Waals surface area contributed by atoms with Gasteiger partial charge >= 0.3 is 0 Å². The van der Waals surface area contributed by atoms with Crippen LogP contribution in [0.5, 0.6) is 0 Å². The van der Waals surface area contributed by atoms with Crippen molar-refractivity contribution in [2.75, 3.05) is 0 Å². The normalized spacial score (nSPS) is 10.4. The lowest BCUT2D eigenvalue weighted by molar-refractivity contribution is 1.28. The Morgan fingerprint density at radius 1 is 1.00 bits per heavy atom. The van der Waals surface area contributed by atoms with E-state index in [1.807, 2.05) is 42.5 Å². The van der Waals surface area contributed by atoms with Crippen LogP contribution in [0.2, 0.25) is 0 Å². The Bertz CT molecular complexity index is 801. The third kappa shape index (κ3) is 2.31. The fourth-order valence-electron chi connectivity index (χ4n) is 2.35. The van der Waals surface area contributed by atoms with Crippen LogP contribution in [-0.2, 0) is 6.42 Å². The maximum Gasteiger partial charge on any atom is 0.0780 e. The van der Waals surface area contributed by atoms with Crippen molar-refractivity contribution in [1.29, 1.82) is 5.26 Å². The van der Waals surface area contributed by atoms with Crippen LogP contribution in [0.15, 0.2) is 59.2 Å². The summed E-state index contributed by atoms with van der Waals surface area (Å²) in [6.45, 7) is 0. The van der Waals surface area contributed by atoms with Crippen molar-refractivity contribution in [3.63, 3.8) is 0 Å². The van der Waals surface area contributed by atoms with Crippen molar-refractivity contribution in [3.05, 3.63) is 64.8 Å². The molecule has 0 radical (unpaired) electrons. The number of benzene rings is 2. The first-order valence-electron chi connectivity index (χ1n) is 6.29. The Morgan fingerprint density at radius 2 is 1.80 bits per heavy atom. The number of hydrogen-bond donors (Lipinski definition) is 0. The van der Waals surface area contributed by atoms with Gasteiger partial charge in [-0.15, -0.1) is 0 Å². The first-order chi connectivity index (χ1) is 9.79. The van der Waals surface area contributed by atoms with Gasteiger partial charge < -0.3 is 0 Å². The summed E-state index contributed by atoms with van der Waals surface area (Å²) in [5.74, 6) is 0. The minimum Gasteiger partial charge on any atom is -0.256 e. The zero-order chi connectivity index (χ0) is 13.9. The quantitative estimate of drug-likeness (QED) is 0.683. The Kier molecular flexibility index (Phi) is 3.49. The monoisotopic (exact) mass is 322 g/mol. The topological polar surface area (TPSA) is 36.7 Å². The van der Waals surface area contributed by atoms with Crippen LogP contribution in [0.1, 0.15) is 5.56 Å². The number of rotatable bonds is 2. The van der Waals surface area contributed by atoms with Gasteiger partial charge in [0.05, 0.1) is 18.2 Å². The lowest BCUT2D eigenvalue weighted by atomic mass is 9.99. The van der Waals surface area contributed by atoms with E-state index in [-0.39, 0.29) is 0 Å². The minimum atomic E-state index is 0.418. The second-order valence-electron chi connectivity index (χ2n) is 4.51. The molecule has 0 aliphatic carbocycles. The Labute approximate surface area is 125 Å². The summed E-state index contributed by atoms with van der Waals surface area (Å²) >= 11 is 3.44. The van der Waals surface area contributed by atoms with Gasteiger partial charge in [0.15, 0.2) is 0 Å². The third-order valence-electron chi connectivity index (χ3n) is 3.28. The SMILES string of the molecule is N#CCc1cccc2c(-c3ccc(Br)cc3)nccc12. The van der Waals surface area contributed by atoms with E-state index in [9.17, 15) is 0 Å². The predicted molar refractivity (Wildman–Crippen MR) is 84.2 cm³/mol. The second-order valence-corrected chi connectivity index (χ2v) is 5.43. The largest absolute Gasteiger partial charge is 0.256 e. The molecule has 0 fully saturated rings. The number of nitrogens with zero attached hydrogens (tertiary/aromatic N) is 2. The van der Waals surface area contributed by atoms with E-state index in [0.717, 1.165) is 32.1 Å². The highest BCUT2D eigenvalue weighted by Crippen LogP contribution is 2.29. The fourth-order valence-corrected chi connectivity index (χ4v) is 2.61. The summed E-state index contributed by atoms with van der Waals surface area (Å²) < 4.78 is 1.05. The van der Waals surface area contributed by atoms with Gasteiger partial charge in [0.25, 0.3) is 0 Å². The van der Waals surface area contributed by atoms with Gasteiger partial charge in [0.1, 0.15) is 0 Å². The Balaban J connectivity index is 2.24. The molecule has 3 aromatic rings. The first-order valence-corrected chi connectivity index (χ1v) is 7.08. The van der Waals surface area contributed by atoms with Gasteiger partial charge in [-0.2, -0.15) is 5.26 Å².